The Morgan fingerprint density at radius 2 is 2.09 bits per heavy atom. The molecule has 2 nitrogen and oxygen atoms in total. The second-order valence-electron chi connectivity index (χ2n) is 1.95. The SMILES string of the molecule is Nc1cc(Br)nc(C(F)F)c1. The van der Waals surface area contributed by atoms with Crippen LogP contribution in [0.3, 0.4) is 0 Å². The first-order valence-electron chi connectivity index (χ1n) is 2.80. The standard InChI is InChI=1S/C6H5BrF2N2/c7-5-2-3(10)1-4(11-5)6(8)9/h1-2,6H,(H2,10,11). The average Bonchev–Trinajstić information content (AvgIpc) is 1.85. The van der Waals surface area contributed by atoms with Gasteiger partial charge in [0.25, 0.3) is 6.43 Å². The van der Waals surface area contributed by atoms with Gasteiger partial charge in [0, 0.05) is 5.69 Å². The van der Waals surface area contributed by atoms with E-state index in [1.54, 1.807) is 0 Å². The van der Waals surface area contributed by atoms with Crippen LogP contribution in [0.5, 0.6) is 0 Å². The Morgan fingerprint density at radius 3 is 2.55 bits per heavy atom. The lowest BCUT2D eigenvalue weighted by Crippen LogP contribution is -1.94. The third-order valence-corrected chi connectivity index (χ3v) is 1.47. The molecule has 0 aromatic carbocycles. The van der Waals surface area contributed by atoms with E-state index in [-0.39, 0.29) is 11.4 Å². The normalized spacial score (nSPS) is 10.5. The van der Waals surface area contributed by atoms with Crippen LogP contribution in [-0.4, -0.2) is 4.98 Å². The fourth-order valence-electron chi connectivity index (χ4n) is 0.650. The lowest BCUT2D eigenvalue weighted by atomic mass is 10.3. The average molecular weight is 223 g/mol. The first kappa shape index (κ1) is 8.39. The summed E-state index contributed by atoms with van der Waals surface area (Å²) < 4.78 is 24.3. The molecule has 0 saturated carbocycles. The molecule has 1 aromatic rings. The van der Waals surface area contributed by atoms with Gasteiger partial charge in [0.2, 0.25) is 0 Å². The van der Waals surface area contributed by atoms with E-state index in [1.165, 1.54) is 6.07 Å². The number of nitrogens with two attached hydrogens (primary N) is 1. The van der Waals surface area contributed by atoms with Crippen LogP contribution < -0.4 is 5.73 Å². The summed E-state index contributed by atoms with van der Waals surface area (Å²) in [7, 11) is 0. The number of hydrogen-bond donors (Lipinski definition) is 1. The number of alkyl halides is 2. The summed E-state index contributed by atoms with van der Waals surface area (Å²) in [5.41, 5.74) is 5.27. The van der Waals surface area contributed by atoms with Gasteiger partial charge in [-0.05, 0) is 28.1 Å². The van der Waals surface area contributed by atoms with E-state index in [2.05, 4.69) is 20.9 Å². The third-order valence-electron chi connectivity index (χ3n) is 1.06. The van der Waals surface area contributed by atoms with Gasteiger partial charge >= 0.3 is 0 Å². The molecule has 0 spiro atoms. The van der Waals surface area contributed by atoms with Crippen molar-refractivity contribution >= 4 is 21.6 Å². The number of aromatic nitrogens is 1. The summed E-state index contributed by atoms with van der Waals surface area (Å²) in [6, 6.07) is 2.61. The van der Waals surface area contributed by atoms with Gasteiger partial charge in [0.15, 0.2) is 0 Å². The first-order chi connectivity index (χ1) is 5.09. The summed E-state index contributed by atoms with van der Waals surface area (Å²) in [5, 5.41) is 0. The smallest absolute Gasteiger partial charge is 0.280 e. The lowest BCUT2D eigenvalue weighted by molar-refractivity contribution is 0.146. The Hall–Kier alpha value is -0.710. The van der Waals surface area contributed by atoms with Crippen LogP contribution in [0.2, 0.25) is 0 Å². The van der Waals surface area contributed by atoms with Crippen molar-refractivity contribution in [1.82, 2.24) is 4.98 Å². The molecule has 0 bridgehead atoms. The zero-order valence-electron chi connectivity index (χ0n) is 5.39. The summed E-state index contributed by atoms with van der Waals surface area (Å²) in [6.07, 6.45) is -2.57. The van der Waals surface area contributed by atoms with E-state index < -0.39 is 6.43 Å². The molecular weight excluding hydrogens is 218 g/mol. The molecule has 0 radical (unpaired) electrons. The Bertz CT molecular complexity index is 245. The topological polar surface area (TPSA) is 38.9 Å². The van der Waals surface area contributed by atoms with E-state index in [0.29, 0.717) is 4.60 Å². The van der Waals surface area contributed by atoms with Gasteiger partial charge in [-0.25, -0.2) is 13.8 Å². The van der Waals surface area contributed by atoms with E-state index in [1.807, 2.05) is 0 Å². The molecule has 1 rings (SSSR count). The second-order valence-corrected chi connectivity index (χ2v) is 2.76. The van der Waals surface area contributed by atoms with Crippen LogP contribution in [0.15, 0.2) is 16.7 Å². The molecule has 0 aliphatic heterocycles. The minimum atomic E-state index is -2.57. The van der Waals surface area contributed by atoms with Gasteiger partial charge in [0.05, 0.1) is 0 Å². The molecule has 60 valence electrons. The highest BCUT2D eigenvalue weighted by Crippen LogP contribution is 2.21. The Labute approximate surface area is 70.6 Å². The highest BCUT2D eigenvalue weighted by molar-refractivity contribution is 9.10. The summed E-state index contributed by atoms with van der Waals surface area (Å²) >= 11 is 2.96. The van der Waals surface area contributed by atoms with Crippen molar-refractivity contribution < 1.29 is 8.78 Å². The van der Waals surface area contributed by atoms with Crippen LogP contribution in [0.4, 0.5) is 14.5 Å². The zero-order chi connectivity index (χ0) is 8.43. The van der Waals surface area contributed by atoms with Gasteiger partial charge < -0.3 is 5.73 Å². The minimum absolute atomic E-state index is 0.280. The summed E-state index contributed by atoms with van der Waals surface area (Å²) in [5.74, 6) is 0. The fraction of sp³-hybridized carbons (Fsp3) is 0.167. The molecule has 0 aliphatic carbocycles. The molecule has 0 unspecified atom stereocenters. The van der Waals surface area contributed by atoms with Gasteiger partial charge in [-0.2, -0.15) is 0 Å². The number of anilines is 1. The molecule has 0 fully saturated rings. The van der Waals surface area contributed by atoms with Crippen LogP contribution in [0.25, 0.3) is 0 Å². The van der Waals surface area contributed by atoms with Crippen molar-refractivity contribution in [3.63, 3.8) is 0 Å². The van der Waals surface area contributed by atoms with Crippen molar-refractivity contribution in [2.45, 2.75) is 6.43 Å². The molecule has 1 heterocycles. The Kier molecular flexibility index (Phi) is 2.38. The summed E-state index contributed by atoms with van der Waals surface area (Å²) in [6.45, 7) is 0. The van der Waals surface area contributed by atoms with E-state index >= 15 is 0 Å². The summed E-state index contributed by atoms with van der Waals surface area (Å²) in [4.78, 5) is 3.52. The molecule has 11 heavy (non-hydrogen) atoms. The monoisotopic (exact) mass is 222 g/mol. The molecule has 0 atom stereocenters. The molecular formula is C6H5BrF2N2. The Morgan fingerprint density at radius 1 is 1.45 bits per heavy atom. The van der Waals surface area contributed by atoms with Crippen molar-refractivity contribution in [3.8, 4) is 0 Å². The number of hydrogen-bond acceptors (Lipinski definition) is 2. The molecule has 0 amide bonds. The maximum atomic E-state index is 12.0. The van der Waals surface area contributed by atoms with E-state index in [9.17, 15) is 8.78 Å². The third kappa shape index (κ3) is 2.11. The quantitative estimate of drug-likeness (QED) is 0.742. The molecule has 0 aliphatic rings. The predicted octanol–water partition coefficient (Wildman–Crippen LogP) is 2.36. The first-order valence-corrected chi connectivity index (χ1v) is 3.60. The molecule has 1 aromatic heterocycles. The van der Waals surface area contributed by atoms with Gasteiger partial charge in [-0.15, -0.1) is 0 Å². The Balaban J connectivity index is 3.08. The highest BCUT2D eigenvalue weighted by Gasteiger charge is 2.09. The fourth-order valence-corrected chi connectivity index (χ4v) is 1.12. The van der Waals surface area contributed by atoms with Gasteiger partial charge in [0.1, 0.15) is 10.3 Å². The van der Waals surface area contributed by atoms with Crippen LogP contribution in [0, 0.1) is 0 Å². The maximum absolute atomic E-state index is 12.0. The zero-order valence-corrected chi connectivity index (χ0v) is 6.98. The van der Waals surface area contributed by atoms with Gasteiger partial charge in [-0.1, -0.05) is 0 Å². The van der Waals surface area contributed by atoms with Gasteiger partial charge in [-0.3, -0.25) is 0 Å². The number of rotatable bonds is 1. The molecule has 0 saturated heterocycles. The lowest BCUT2D eigenvalue weighted by Gasteiger charge is -2.00. The molecule has 5 heteroatoms. The van der Waals surface area contributed by atoms with Crippen molar-refractivity contribution in [3.05, 3.63) is 22.4 Å². The van der Waals surface area contributed by atoms with Crippen LogP contribution >= 0.6 is 15.9 Å². The van der Waals surface area contributed by atoms with Crippen LogP contribution in [0.1, 0.15) is 12.1 Å². The van der Waals surface area contributed by atoms with E-state index in [0.717, 1.165) is 6.07 Å². The number of nitrogens with zero attached hydrogens (tertiary/aromatic N) is 1. The molecule has 2 N–H and O–H groups in total. The highest BCUT2D eigenvalue weighted by atomic mass is 79.9. The van der Waals surface area contributed by atoms with E-state index in [4.69, 9.17) is 5.73 Å². The van der Waals surface area contributed by atoms with Crippen molar-refractivity contribution in [2.24, 2.45) is 0 Å². The number of halogens is 3. The predicted molar refractivity (Wildman–Crippen MR) is 41.3 cm³/mol. The van der Waals surface area contributed by atoms with Crippen molar-refractivity contribution in [1.29, 1.82) is 0 Å². The largest absolute Gasteiger partial charge is 0.399 e. The second kappa shape index (κ2) is 3.13. The number of nitrogen functional groups attached to an aromatic ring is 1. The maximum Gasteiger partial charge on any atom is 0.280 e. The van der Waals surface area contributed by atoms with Crippen molar-refractivity contribution in [2.75, 3.05) is 5.73 Å². The van der Waals surface area contributed by atoms with Crippen LogP contribution in [-0.2, 0) is 0 Å². The minimum Gasteiger partial charge on any atom is -0.399 e. The number of pyridine rings is 1.